The van der Waals surface area contributed by atoms with Crippen molar-refractivity contribution in [3.63, 3.8) is 0 Å². The van der Waals surface area contributed by atoms with Crippen LogP contribution in [0.1, 0.15) is 5.56 Å². The summed E-state index contributed by atoms with van der Waals surface area (Å²) in [6.07, 6.45) is 4.35. The summed E-state index contributed by atoms with van der Waals surface area (Å²) in [5.74, 6) is 1.08. The molecule has 1 nitrogen and oxygen atoms in total. The van der Waals surface area contributed by atoms with Crippen LogP contribution in [-0.2, 0) is 12.8 Å². The maximum Gasteiger partial charge on any atom is 0.0492 e. The summed E-state index contributed by atoms with van der Waals surface area (Å²) in [6.45, 7) is 0. The van der Waals surface area contributed by atoms with E-state index in [1.54, 1.807) is 0 Å². The molecule has 0 N–H and O–H groups in total. The first-order valence-corrected chi connectivity index (χ1v) is 6.63. The molecule has 2 aromatic rings. The van der Waals surface area contributed by atoms with Gasteiger partial charge in [-0.15, -0.1) is 0 Å². The van der Waals surface area contributed by atoms with Gasteiger partial charge in [0.1, 0.15) is 0 Å². The fourth-order valence-electron chi connectivity index (χ4n) is 1.71. The van der Waals surface area contributed by atoms with Crippen LogP contribution in [0.25, 0.3) is 10.9 Å². The summed E-state index contributed by atoms with van der Waals surface area (Å²) in [5.41, 5.74) is 2.71. The molecule has 0 atom stereocenters. The maximum absolute atomic E-state index is 3.50. The third kappa shape index (κ3) is 1.71. The molecule has 0 saturated heterocycles. The lowest BCUT2D eigenvalue weighted by atomic mass is 10.2. The molecular weight excluding hydrogens is 258 g/mol. The fourth-order valence-corrected chi connectivity index (χ4v) is 2.60. The second-order valence-electron chi connectivity index (χ2n) is 3.36. The van der Waals surface area contributed by atoms with Gasteiger partial charge < -0.3 is 4.57 Å². The van der Waals surface area contributed by atoms with Gasteiger partial charge in [0.15, 0.2) is 0 Å². The first-order chi connectivity index (χ1) is 6.72. The highest BCUT2D eigenvalue weighted by Gasteiger charge is 2.05. The topological polar surface area (TPSA) is 4.93 Å². The lowest BCUT2D eigenvalue weighted by Crippen LogP contribution is -1.82. The second-order valence-corrected chi connectivity index (χ2v) is 5.14. The molecule has 1 heterocycles. The number of rotatable bonds is 2. The van der Waals surface area contributed by atoms with E-state index in [-0.39, 0.29) is 0 Å². The molecule has 0 unspecified atom stereocenters. The van der Waals surface area contributed by atoms with Crippen LogP contribution in [0.15, 0.2) is 28.9 Å². The molecule has 1 aromatic carbocycles. The molecule has 74 valence electrons. The molecule has 1 aromatic heterocycles. The highest BCUT2D eigenvalue weighted by molar-refractivity contribution is 9.10. The summed E-state index contributed by atoms with van der Waals surface area (Å²) < 4.78 is 3.33. The van der Waals surface area contributed by atoms with Crippen molar-refractivity contribution < 1.29 is 0 Å². The second kappa shape index (κ2) is 3.99. The molecule has 0 aliphatic carbocycles. The summed E-state index contributed by atoms with van der Waals surface area (Å²) >= 11 is 5.36. The van der Waals surface area contributed by atoms with Crippen LogP contribution in [0, 0.1) is 0 Å². The predicted molar refractivity (Wildman–Crippen MR) is 67.8 cm³/mol. The van der Waals surface area contributed by atoms with E-state index < -0.39 is 0 Å². The molecule has 0 aliphatic rings. The van der Waals surface area contributed by atoms with Crippen LogP contribution < -0.4 is 0 Å². The molecule has 0 aliphatic heterocycles. The molecule has 14 heavy (non-hydrogen) atoms. The minimum Gasteiger partial charge on any atom is -0.350 e. The molecule has 0 amide bonds. The van der Waals surface area contributed by atoms with E-state index >= 15 is 0 Å². The third-order valence-corrected chi connectivity index (χ3v) is 3.43. The monoisotopic (exact) mass is 269 g/mol. The lowest BCUT2D eigenvalue weighted by molar-refractivity contribution is 0.962. The van der Waals surface area contributed by atoms with Crippen molar-refractivity contribution in [3.05, 3.63) is 34.4 Å². The summed E-state index contributed by atoms with van der Waals surface area (Å²) in [5, 5.41) is 1.37. The van der Waals surface area contributed by atoms with Crippen LogP contribution in [0.5, 0.6) is 0 Å². The zero-order valence-electron chi connectivity index (χ0n) is 8.25. The highest BCUT2D eigenvalue weighted by Crippen LogP contribution is 2.26. The van der Waals surface area contributed by atoms with E-state index in [9.17, 15) is 0 Å². The van der Waals surface area contributed by atoms with Crippen LogP contribution in [0.2, 0.25) is 0 Å². The van der Waals surface area contributed by atoms with Gasteiger partial charge in [0.25, 0.3) is 0 Å². The van der Waals surface area contributed by atoms with Gasteiger partial charge in [-0.05, 0) is 24.0 Å². The number of aryl methyl sites for hydroxylation is 1. The zero-order valence-corrected chi connectivity index (χ0v) is 10.7. The SMILES string of the molecule is CSCc1cn(C)c2cc(Br)ccc12. The Morgan fingerprint density at radius 2 is 2.21 bits per heavy atom. The standard InChI is InChI=1S/C11H12BrNS/c1-13-6-8(7-14-2)10-4-3-9(12)5-11(10)13/h3-6H,7H2,1-2H3. The molecule has 2 rings (SSSR count). The molecule has 0 bridgehead atoms. The minimum absolute atomic E-state index is 1.08. The Kier molecular flexibility index (Phi) is 2.88. The van der Waals surface area contributed by atoms with Crippen molar-refractivity contribution in [2.45, 2.75) is 5.75 Å². The normalized spacial score (nSPS) is 11.1. The predicted octanol–water partition coefficient (Wildman–Crippen LogP) is 3.80. The van der Waals surface area contributed by atoms with Gasteiger partial charge in [-0.1, -0.05) is 22.0 Å². The maximum atomic E-state index is 3.50. The average molecular weight is 270 g/mol. The van der Waals surface area contributed by atoms with E-state index in [0.717, 1.165) is 10.2 Å². The molecule has 0 saturated carbocycles. The minimum atomic E-state index is 1.08. The molecular formula is C11H12BrNS. The van der Waals surface area contributed by atoms with Crippen molar-refractivity contribution in [1.82, 2.24) is 4.57 Å². The highest BCUT2D eigenvalue weighted by atomic mass is 79.9. The Hall–Kier alpha value is -0.410. The quantitative estimate of drug-likeness (QED) is 0.803. The molecule has 0 fully saturated rings. The van der Waals surface area contributed by atoms with Crippen LogP contribution in [-0.4, -0.2) is 10.8 Å². The Morgan fingerprint density at radius 1 is 1.43 bits per heavy atom. The average Bonchev–Trinajstić information content (AvgIpc) is 2.44. The molecule has 0 spiro atoms. The number of nitrogens with zero attached hydrogens (tertiary/aromatic N) is 1. The Labute approximate surface area is 96.6 Å². The van der Waals surface area contributed by atoms with Crippen LogP contribution in [0.3, 0.4) is 0 Å². The third-order valence-electron chi connectivity index (χ3n) is 2.34. The van der Waals surface area contributed by atoms with E-state index in [1.165, 1.54) is 16.5 Å². The van der Waals surface area contributed by atoms with Crippen LogP contribution >= 0.6 is 27.7 Å². The number of benzene rings is 1. The van der Waals surface area contributed by atoms with Gasteiger partial charge >= 0.3 is 0 Å². The first-order valence-electron chi connectivity index (χ1n) is 4.45. The van der Waals surface area contributed by atoms with Gasteiger partial charge in [-0.25, -0.2) is 0 Å². The first kappa shape index (κ1) is 10.1. The zero-order chi connectivity index (χ0) is 10.1. The van der Waals surface area contributed by atoms with Gasteiger partial charge in [-0.3, -0.25) is 0 Å². The van der Waals surface area contributed by atoms with E-state index in [2.05, 4.69) is 58.2 Å². The van der Waals surface area contributed by atoms with E-state index in [0.29, 0.717) is 0 Å². The van der Waals surface area contributed by atoms with Crippen molar-refractivity contribution in [2.75, 3.05) is 6.26 Å². The Morgan fingerprint density at radius 3 is 2.93 bits per heavy atom. The van der Waals surface area contributed by atoms with Crippen molar-refractivity contribution in [1.29, 1.82) is 0 Å². The van der Waals surface area contributed by atoms with Gasteiger partial charge in [0.05, 0.1) is 0 Å². The van der Waals surface area contributed by atoms with E-state index in [4.69, 9.17) is 0 Å². The van der Waals surface area contributed by atoms with Crippen LogP contribution in [0.4, 0.5) is 0 Å². The summed E-state index contributed by atoms with van der Waals surface area (Å²) in [6, 6.07) is 6.45. The Bertz CT molecular complexity index is 462. The van der Waals surface area contributed by atoms with E-state index in [1.807, 2.05) is 11.8 Å². The largest absolute Gasteiger partial charge is 0.350 e. The van der Waals surface area contributed by atoms with Gasteiger partial charge in [-0.2, -0.15) is 11.8 Å². The number of hydrogen-bond acceptors (Lipinski definition) is 1. The van der Waals surface area contributed by atoms with Gasteiger partial charge in [0.2, 0.25) is 0 Å². The smallest absolute Gasteiger partial charge is 0.0492 e. The fraction of sp³-hybridized carbons (Fsp3) is 0.273. The number of thioether (sulfide) groups is 1. The lowest BCUT2D eigenvalue weighted by Gasteiger charge is -1.97. The summed E-state index contributed by atoms with van der Waals surface area (Å²) in [4.78, 5) is 0. The molecule has 3 heteroatoms. The number of fused-ring (bicyclic) bond motifs is 1. The molecule has 0 radical (unpaired) electrons. The number of halogens is 1. The summed E-state index contributed by atoms with van der Waals surface area (Å²) in [7, 11) is 2.10. The Balaban J connectivity index is 2.65. The number of aromatic nitrogens is 1. The van der Waals surface area contributed by atoms with Crippen molar-refractivity contribution in [2.24, 2.45) is 7.05 Å². The number of hydrogen-bond donors (Lipinski definition) is 0. The van der Waals surface area contributed by atoms with Gasteiger partial charge in [0, 0.05) is 34.4 Å². The van der Waals surface area contributed by atoms with Crippen molar-refractivity contribution in [3.8, 4) is 0 Å². The van der Waals surface area contributed by atoms with Crippen molar-refractivity contribution >= 4 is 38.6 Å².